The van der Waals surface area contributed by atoms with Gasteiger partial charge in [-0.1, -0.05) is 78.9 Å². The molecular formula is C24H22O3S. The van der Waals surface area contributed by atoms with Crippen molar-refractivity contribution in [2.24, 2.45) is 0 Å². The smallest absolute Gasteiger partial charge is 0.202 e. The van der Waals surface area contributed by atoms with E-state index in [0.717, 1.165) is 22.1 Å². The summed E-state index contributed by atoms with van der Waals surface area (Å²) >= 11 is 0. The fourth-order valence-corrected chi connectivity index (χ4v) is 3.69. The van der Waals surface area contributed by atoms with Crippen LogP contribution in [-0.4, -0.2) is 14.5 Å². The summed E-state index contributed by atoms with van der Waals surface area (Å²) in [6.45, 7) is 1.88. The first-order valence-corrected chi connectivity index (χ1v) is 10.6. The Bertz CT molecular complexity index is 997. The Morgan fingerprint density at radius 3 is 1.75 bits per heavy atom. The predicted molar refractivity (Wildman–Crippen MR) is 113 cm³/mol. The quantitative estimate of drug-likeness (QED) is 0.503. The Hall–Kier alpha value is -3.11. The van der Waals surface area contributed by atoms with Crippen LogP contribution in [0.1, 0.15) is 18.1 Å². The van der Waals surface area contributed by atoms with Gasteiger partial charge in [0.25, 0.3) is 0 Å². The third-order valence-corrected chi connectivity index (χ3v) is 5.57. The molecule has 0 spiro atoms. The molecule has 3 aromatic carbocycles. The molecule has 1 unspecified atom stereocenters. The van der Waals surface area contributed by atoms with Gasteiger partial charge in [0.2, 0.25) is 9.84 Å². The number of ether oxygens (including phenoxy) is 1. The van der Waals surface area contributed by atoms with E-state index in [1.54, 1.807) is 30.3 Å². The Labute approximate surface area is 166 Å². The molecule has 0 N–H and O–H groups in total. The first kappa shape index (κ1) is 19.6. The maximum absolute atomic E-state index is 12.3. The molecule has 0 bridgehead atoms. The molecule has 0 aromatic heterocycles. The van der Waals surface area contributed by atoms with E-state index in [9.17, 15) is 8.42 Å². The second-order valence-electron chi connectivity index (χ2n) is 6.28. The lowest BCUT2D eigenvalue weighted by molar-refractivity contribution is 0.205. The van der Waals surface area contributed by atoms with E-state index < -0.39 is 9.84 Å². The number of sulfone groups is 1. The summed E-state index contributed by atoms with van der Waals surface area (Å²) in [6, 6.07) is 28.4. The Morgan fingerprint density at radius 2 is 1.25 bits per heavy atom. The van der Waals surface area contributed by atoms with E-state index in [1.807, 2.05) is 73.7 Å². The molecule has 0 radical (unpaired) electrons. The second kappa shape index (κ2) is 9.20. The van der Waals surface area contributed by atoms with E-state index in [2.05, 4.69) is 0 Å². The fraction of sp³-hybridized carbons (Fsp3) is 0.0833. The Balaban J connectivity index is 1.80. The Kier molecular flexibility index (Phi) is 6.45. The van der Waals surface area contributed by atoms with Crippen LogP contribution < -0.4 is 0 Å². The average molecular weight is 391 g/mol. The van der Waals surface area contributed by atoms with Gasteiger partial charge in [0.15, 0.2) is 0 Å². The van der Waals surface area contributed by atoms with Crippen molar-refractivity contribution < 1.29 is 13.2 Å². The molecule has 0 aliphatic carbocycles. The lowest BCUT2D eigenvalue weighted by atomic mass is 9.96. The minimum Gasteiger partial charge on any atom is -0.493 e. The maximum Gasteiger partial charge on any atom is 0.202 e. The molecule has 3 aromatic rings. The van der Waals surface area contributed by atoms with Crippen molar-refractivity contribution in [3.05, 3.63) is 120 Å². The van der Waals surface area contributed by atoms with E-state index in [-0.39, 0.29) is 11.0 Å². The third kappa shape index (κ3) is 5.21. The van der Waals surface area contributed by atoms with Crippen LogP contribution in [0.25, 0.3) is 5.57 Å². The van der Waals surface area contributed by atoms with Crippen molar-refractivity contribution in [1.82, 2.24) is 0 Å². The zero-order chi connectivity index (χ0) is 19.8. The molecule has 0 saturated heterocycles. The van der Waals surface area contributed by atoms with Crippen molar-refractivity contribution in [2.75, 3.05) is 0 Å². The zero-order valence-corrected chi connectivity index (χ0v) is 16.4. The van der Waals surface area contributed by atoms with Crippen molar-refractivity contribution in [3.63, 3.8) is 0 Å². The summed E-state index contributed by atoms with van der Waals surface area (Å²) in [4.78, 5) is 0.243. The van der Waals surface area contributed by atoms with E-state index >= 15 is 0 Å². The first-order chi connectivity index (χ1) is 13.6. The third-order valence-electron chi connectivity index (χ3n) is 4.17. The van der Waals surface area contributed by atoms with Crippen LogP contribution >= 0.6 is 0 Å². The average Bonchev–Trinajstić information content (AvgIpc) is 2.74. The minimum atomic E-state index is -3.51. The summed E-state index contributed by atoms with van der Waals surface area (Å²) in [7, 11) is -3.51. The number of hydrogen-bond donors (Lipinski definition) is 0. The molecular weight excluding hydrogens is 368 g/mol. The summed E-state index contributed by atoms with van der Waals surface area (Å²) < 4.78 is 30.2. The van der Waals surface area contributed by atoms with E-state index in [1.165, 1.54) is 6.26 Å². The van der Waals surface area contributed by atoms with Crippen LogP contribution in [0, 0.1) is 0 Å². The van der Waals surface area contributed by atoms with Gasteiger partial charge in [0.1, 0.15) is 6.10 Å². The van der Waals surface area contributed by atoms with Crippen LogP contribution in [0.3, 0.4) is 0 Å². The van der Waals surface area contributed by atoms with Crippen LogP contribution in [0.2, 0.25) is 0 Å². The number of hydrogen-bond acceptors (Lipinski definition) is 3. The van der Waals surface area contributed by atoms with Gasteiger partial charge >= 0.3 is 0 Å². The standard InChI is InChI=1S/C24H22O3S/c1-20(27-17-18-28(25,26)23-15-9-4-10-16-23)19-24(21-11-5-2-6-12-21)22-13-7-3-8-14-22/h2-20H,1H3/b18-17+. The molecule has 0 heterocycles. The molecule has 142 valence electrons. The molecule has 28 heavy (non-hydrogen) atoms. The highest BCUT2D eigenvalue weighted by Gasteiger charge is 2.10. The molecule has 0 amide bonds. The second-order valence-corrected chi connectivity index (χ2v) is 8.12. The van der Waals surface area contributed by atoms with Gasteiger partial charge in [0.05, 0.1) is 16.6 Å². The minimum absolute atomic E-state index is 0.243. The van der Waals surface area contributed by atoms with E-state index in [4.69, 9.17) is 4.74 Å². The SMILES string of the molecule is CC(C=C(c1ccccc1)c1ccccc1)O/C=C/S(=O)(=O)c1ccccc1. The van der Waals surface area contributed by atoms with Gasteiger partial charge in [0, 0.05) is 0 Å². The molecule has 0 aliphatic heterocycles. The van der Waals surface area contributed by atoms with Gasteiger partial charge in [-0.05, 0) is 41.8 Å². The van der Waals surface area contributed by atoms with Crippen LogP contribution in [-0.2, 0) is 14.6 Å². The summed E-state index contributed by atoms with van der Waals surface area (Å²) in [5.41, 5.74) is 3.18. The maximum atomic E-state index is 12.3. The van der Waals surface area contributed by atoms with E-state index in [0.29, 0.717) is 0 Å². The molecule has 0 aliphatic rings. The zero-order valence-electron chi connectivity index (χ0n) is 15.6. The van der Waals surface area contributed by atoms with Gasteiger partial charge in [-0.2, -0.15) is 0 Å². The highest BCUT2D eigenvalue weighted by Crippen LogP contribution is 2.24. The molecule has 0 fully saturated rings. The summed E-state index contributed by atoms with van der Waals surface area (Å²) in [5.74, 6) is 0. The van der Waals surface area contributed by atoms with Crippen molar-refractivity contribution >= 4 is 15.4 Å². The number of rotatable bonds is 7. The number of benzene rings is 3. The first-order valence-electron chi connectivity index (χ1n) is 9.01. The lowest BCUT2D eigenvalue weighted by Crippen LogP contribution is -2.03. The molecule has 4 heteroatoms. The van der Waals surface area contributed by atoms with Crippen molar-refractivity contribution in [1.29, 1.82) is 0 Å². The fourth-order valence-electron chi connectivity index (χ4n) is 2.79. The van der Waals surface area contributed by atoms with Crippen LogP contribution in [0.15, 0.2) is 114 Å². The van der Waals surface area contributed by atoms with Crippen LogP contribution in [0.5, 0.6) is 0 Å². The monoisotopic (exact) mass is 390 g/mol. The summed E-state index contributed by atoms with van der Waals surface area (Å²) in [6.07, 6.45) is 2.93. The molecule has 3 nitrogen and oxygen atoms in total. The highest BCUT2D eigenvalue weighted by atomic mass is 32.2. The normalized spacial score (nSPS) is 12.5. The van der Waals surface area contributed by atoms with Crippen molar-refractivity contribution in [3.8, 4) is 0 Å². The predicted octanol–water partition coefficient (Wildman–Crippen LogP) is 5.47. The molecule has 1 atom stereocenters. The van der Waals surface area contributed by atoms with Gasteiger partial charge < -0.3 is 4.74 Å². The Morgan fingerprint density at radius 1 is 0.786 bits per heavy atom. The molecule has 3 rings (SSSR count). The van der Waals surface area contributed by atoms with Crippen LogP contribution in [0.4, 0.5) is 0 Å². The highest BCUT2D eigenvalue weighted by molar-refractivity contribution is 7.94. The lowest BCUT2D eigenvalue weighted by Gasteiger charge is -2.13. The van der Waals surface area contributed by atoms with Gasteiger partial charge in [-0.15, -0.1) is 0 Å². The molecule has 0 saturated carbocycles. The van der Waals surface area contributed by atoms with Gasteiger partial charge in [-0.3, -0.25) is 0 Å². The van der Waals surface area contributed by atoms with Gasteiger partial charge in [-0.25, -0.2) is 8.42 Å². The van der Waals surface area contributed by atoms with Crippen molar-refractivity contribution in [2.45, 2.75) is 17.9 Å². The largest absolute Gasteiger partial charge is 0.493 e. The topological polar surface area (TPSA) is 43.4 Å². The summed E-state index contributed by atoms with van der Waals surface area (Å²) in [5, 5.41) is 1.09.